The van der Waals surface area contributed by atoms with Crippen LogP contribution in [0.2, 0.25) is 5.02 Å². The Kier molecular flexibility index (Phi) is 3.33. The molecule has 1 aliphatic rings. The first kappa shape index (κ1) is 12.7. The van der Waals surface area contributed by atoms with E-state index >= 15 is 0 Å². The fraction of sp³-hybridized carbons (Fsp3) is 0.538. The fourth-order valence-corrected chi connectivity index (χ4v) is 2.77. The predicted molar refractivity (Wildman–Crippen MR) is 76.5 cm³/mol. The van der Waals surface area contributed by atoms with Gasteiger partial charge in [0.05, 0.1) is 5.02 Å². The van der Waals surface area contributed by atoms with Crippen LogP contribution in [-0.4, -0.2) is 34.2 Å². The minimum Gasteiger partial charge on any atom is -0.339 e. The first-order valence-corrected chi connectivity index (χ1v) is 7.02. The number of anilines is 1. The van der Waals surface area contributed by atoms with Crippen molar-refractivity contribution < 1.29 is 0 Å². The molecule has 3 heterocycles. The van der Waals surface area contributed by atoms with Crippen LogP contribution in [0.1, 0.15) is 13.3 Å². The van der Waals surface area contributed by atoms with Gasteiger partial charge in [0, 0.05) is 19.3 Å². The highest BCUT2D eigenvalue weighted by Crippen LogP contribution is 2.25. The van der Waals surface area contributed by atoms with E-state index in [0.717, 1.165) is 37.7 Å². The molecule has 0 aromatic carbocycles. The number of hydrogen-bond acceptors (Lipinski definition) is 4. The Balaban J connectivity index is 1.87. The summed E-state index contributed by atoms with van der Waals surface area (Å²) < 4.78 is 1.73. The van der Waals surface area contributed by atoms with Gasteiger partial charge in [-0.05, 0) is 36.9 Å². The summed E-state index contributed by atoms with van der Waals surface area (Å²) in [5.74, 6) is 1.96. The largest absolute Gasteiger partial charge is 0.339 e. The van der Waals surface area contributed by atoms with E-state index in [4.69, 9.17) is 17.3 Å². The minimum absolute atomic E-state index is 0.518. The SMILES string of the molecule is CC1CCN(c2nc3ccc(Cl)cn3n2)CC1CN. The summed E-state index contributed by atoms with van der Waals surface area (Å²) in [6.07, 6.45) is 2.92. The van der Waals surface area contributed by atoms with Crippen LogP contribution in [0.25, 0.3) is 5.65 Å². The van der Waals surface area contributed by atoms with Gasteiger partial charge in [0.25, 0.3) is 0 Å². The first-order valence-electron chi connectivity index (χ1n) is 6.64. The van der Waals surface area contributed by atoms with Gasteiger partial charge in [0.2, 0.25) is 5.95 Å². The highest BCUT2D eigenvalue weighted by atomic mass is 35.5. The lowest BCUT2D eigenvalue weighted by atomic mass is 9.87. The number of halogens is 1. The Labute approximate surface area is 117 Å². The Hall–Kier alpha value is -1.33. The van der Waals surface area contributed by atoms with Crippen LogP contribution in [-0.2, 0) is 0 Å². The third-order valence-electron chi connectivity index (χ3n) is 3.98. The lowest BCUT2D eigenvalue weighted by Crippen LogP contribution is -2.43. The van der Waals surface area contributed by atoms with Gasteiger partial charge in [0.15, 0.2) is 5.65 Å². The Morgan fingerprint density at radius 2 is 2.32 bits per heavy atom. The lowest BCUT2D eigenvalue weighted by Gasteiger charge is -2.35. The zero-order chi connectivity index (χ0) is 13.4. The van der Waals surface area contributed by atoms with Crippen molar-refractivity contribution in [2.75, 3.05) is 24.5 Å². The average Bonchev–Trinajstić information content (AvgIpc) is 2.82. The van der Waals surface area contributed by atoms with Gasteiger partial charge in [-0.1, -0.05) is 18.5 Å². The van der Waals surface area contributed by atoms with E-state index in [1.807, 2.05) is 12.1 Å². The number of pyridine rings is 1. The molecule has 0 bridgehead atoms. The molecule has 6 heteroatoms. The zero-order valence-electron chi connectivity index (χ0n) is 11.0. The molecule has 2 atom stereocenters. The fourth-order valence-electron chi connectivity index (χ4n) is 2.62. The maximum Gasteiger partial charge on any atom is 0.245 e. The molecule has 1 fully saturated rings. The van der Waals surface area contributed by atoms with Crippen LogP contribution in [0.15, 0.2) is 18.3 Å². The summed E-state index contributed by atoms with van der Waals surface area (Å²) in [5, 5.41) is 5.16. The molecule has 3 rings (SSSR count). The molecule has 0 spiro atoms. The van der Waals surface area contributed by atoms with Crippen molar-refractivity contribution >= 4 is 23.2 Å². The molecule has 102 valence electrons. The van der Waals surface area contributed by atoms with Crippen molar-refractivity contribution in [1.82, 2.24) is 14.6 Å². The zero-order valence-corrected chi connectivity index (χ0v) is 11.7. The van der Waals surface area contributed by atoms with E-state index in [9.17, 15) is 0 Å². The van der Waals surface area contributed by atoms with E-state index in [2.05, 4.69) is 21.9 Å². The van der Waals surface area contributed by atoms with Crippen molar-refractivity contribution in [2.24, 2.45) is 17.6 Å². The van der Waals surface area contributed by atoms with Crippen LogP contribution >= 0.6 is 11.6 Å². The summed E-state index contributed by atoms with van der Waals surface area (Å²) in [7, 11) is 0. The maximum absolute atomic E-state index is 5.96. The van der Waals surface area contributed by atoms with Crippen LogP contribution in [0, 0.1) is 11.8 Å². The summed E-state index contributed by atoms with van der Waals surface area (Å²) in [4.78, 5) is 6.77. The number of aromatic nitrogens is 3. The average molecular weight is 280 g/mol. The van der Waals surface area contributed by atoms with Crippen molar-refractivity contribution in [3.63, 3.8) is 0 Å². The first-order chi connectivity index (χ1) is 9.17. The second-order valence-electron chi connectivity index (χ2n) is 5.27. The molecular weight excluding hydrogens is 262 g/mol. The van der Waals surface area contributed by atoms with Gasteiger partial charge < -0.3 is 10.6 Å². The van der Waals surface area contributed by atoms with Gasteiger partial charge in [0.1, 0.15) is 0 Å². The molecule has 5 nitrogen and oxygen atoms in total. The molecule has 0 saturated carbocycles. The van der Waals surface area contributed by atoms with Crippen LogP contribution < -0.4 is 10.6 Å². The number of hydrogen-bond donors (Lipinski definition) is 1. The maximum atomic E-state index is 5.96. The second-order valence-corrected chi connectivity index (χ2v) is 5.71. The van der Waals surface area contributed by atoms with Crippen molar-refractivity contribution in [1.29, 1.82) is 0 Å². The van der Waals surface area contributed by atoms with Crippen molar-refractivity contribution in [3.8, 4) is 0 Å². The highest BCUT2D eigenvalue weighted by Gasteiger charge is 2.27. The molecule has 19 heavy (non-hydrogen) atoms. The monoisotopic (exact) mass is 279 g/mol. The number of nitrogens with two attached hydrogens (primary N) is 1. The summed E-state index contributed by atoms with van der Waals surface area (Å²) in [5.41, 5.74) is 6.66. The third kappa shape index (κ3) is 2.40. The number of piperidine rings is 1. The van der Waals surface area contributed by atoms with E-state index < -0.39 is 0 Å². The van der Waals surface area contributed by atoms with E-state index in [0.29, 0.717) is 16.9 Å². The molecule has 0 aliphatic carbocycles. The van der Waals surface area contributed by atoms with Gasteiger partial charge in [-0.15, -0.1) is 5.10 Å². The summed E-state index contributed by atoms with van der Waals surface area (Å²) in [6.45, 7) is 4.91. The minimum atomic E-state index is 0.518. The van der Waals surface area contributed by atoms with Crippen LogP contribution in [0.3, 0.4) is 0 Å². The number of fused-ring (bicyclic) bond motifs is 1. The topological polar surface area (TPSA) is 59.5 Å². The molecular formula is C13H18ClN5. The van der Waals surface area contributed by atoms with Crippen LogP contribution in [0.4, 0.5) is 5.95 Å². The van der Waals surface area contributed by atoms with Crippen LogP contribution in [0.5, 0.6) is 0 Å². The Morgan fingerprint density at radius 3 is 3.11 bits per heavy atom. The quantitative estimate of drug-likeness (QED) is 0.911. The molecule has 1 aliphatic heterocycles. The standard InChI is InChI=1S/C13H18ClN5/c1-9-4-5-18(7-10(9)6-15)13-16-12-3-2-11(14)8-19(12)17-13/h2-3,8-10H,4-7,15H2,1H3. The lowest BCUT2D eigenvalue weighted by molar-refractivity contribution is 0.306. The highest BCUT2D eigenvalue weighted by molar-refractivity contribution is 6.30. The smallest absolute Gasteiger partial charge is 0.245 e. The molecule has 2 N–H and O–H groups in total. The van der Waals surface area contributed by atoms with E-state index in [1.165, 1.54) is 0 Å². The Morgan fingerprint density at radius 1 is 1.47 bits per heavy atom. The predicted octanol–water partition coefficient (Wildman–Crippen LogP) is 1.80. The molecule has 2 unspecified atom stereocenters. The van der Waals surface area contributed by atoms with Gasteiger partial charge >= 0.3 is 0 Å². The van der Waals surface area contributed by atoms with Gasteiger partial charge in [-0.2, -0.15) is 4.98 Å². The molecule has 0 radical (unpaired) electrons. The van der Waals surface area contributed by atoms with Crippen molar-refractivity contribution in [3.05, 3.63) is 23.4 Å². The summed E-state index contributed by atoms with van der Waals surface area (Å²) in [6, 6.07) is 3.71. The third-order valence-corrected chi connectivity index (χ3v) is 4.21. The molecule has 0 amide bonds. The van der Waals surface area contributed by atoms with E-state index in [1.54, 1.807) is 10.7 Å². The second kappa shape index (κ2) is 4.98. The molecule has 1 saturated heterocycles. The number of rotatable bonds is 2. The Bertz CT molecular complexity index is 581. The van der Waals surface area contributed by atoms with Crippen molar-refractivity contribution in [2.45, 2.75) is 13.3 Å². The summed E-state index contributed by atoms with van der Waals surface area (Å²) >= 11 is 5.96. The number of nitrogens with zero attached hydrogens (tertiary/aromatic N) is 4. The molecule has 2 aromatic heterocycles. The van der Waals surface area contributed by atoms with Gasteiger partial charge in [-0.25, -0.2) is 4.52 Å². The van der Waals surface area contributed by atoms with E-state index in [-0.39, 0.29) is 0 Å². The van der Waals surface area contributed by atoms with Gasteiger partial charge in [-0.3, -0.25) is 0 Å². The normalized spacial score (nSPS) is 24.1. The molecule has 2 aromatic rings.